The predicted octanol–water partition coefficient (Wildman–Crippen LogP) is 5.65. The van der Waals surface area contributed by atoms with Crippen molar-refractivity contribution in [3.05, 3.63) is 71.3 Å². The molecule has 1 aliphatic rings. The number of nitrogens with one attached hydrogen (secondary N) is 1. The van der Waals surface area contributed by atoms with E-state index in [1.54, 1.807) is 0 Å². The van der Waals surface area contributed by atoms with Crippen LogP contribution in [0.2, 0.25) is 0 Å². The summed E-state index contributed by atoms with van der Waals surface area (Å²) < 4.78 is 0. The van der Waals surface area contributed by atoms with E-state index in [1.165, 1.54) is 29.5 Å². The van der Waals surface area contributed by atoms with Gasteiger partial charge in [-0.05, 0) is 54.7 Å². The zero-order chi connectivity index (χ0) is 23.6. The molecular formula is C29H40N2O2. The molecule has 4 nitrogen and oxygen atoms in total. The summed E-state index contributed by atoms with van der Waals surface area (Å²) in [5, 5.41) is 3.22. The second-order valence-corrected chi connectivity index (χ2v) is 9.63. The van der Waals surface area contributed by atoms with E-state index >= 15 is 0 Å². The molecule has 2 aromatic rings. The lowest BCUT2D eigenvalue weighted by Gasteiger charge is -2.31. The third-order valence-electron chi connectivity index (χ3n) is 6.85. The monoisotopic (exact) mass is 448 g/mol. The van der Waals surface area contributed by atoms with Gasteiger partial charge in [0.25, 0.3) is 0 Å². The average Bonchev–Trinajstić information content (AvgIpc) is 3.34. The van der Waals surface area contributed by atoms with Crippen LogP contribution in [0.25, 0.3) is 0 Å². The number of rotatable bonds is 11. The highest BCUT2D eigenvalue weighted by atomic mass is 16.2. The zero-order valence-electron chi connectivity index (χ0n) is 20.6. The Morgan fingerprint density at radius 2 is 1.58 bits per heavy atom. The first-order chi connectivity index (χ1) is 16.0. The van der Waals surface area contributed by atoms with E-state index < -0.39 is 6.04 Å². The number of hydrogen-bond acceptors (Lipinski definition) is 2. The van der Waals surface area contributed by atoms with Crippen LogP contribution < -0.4 is 5.32 Å². The molecule has 0 aromatic heterocycles. The summed E-state index contributed by atoms with van der Waals surface area (Å²) in [4.78, 5) is 28.4. The Labute approximate surface area is 199 Å². The minimum atomic E-state index is -0.412. The van der Waals surface area contributed by atoms with Gasteiger partial charge in [-0.2, -0.15) is 0 Å². The molecule has 0 spiro atoms. The van der Waals surface area contributed by atoms with Crippen molar-refractivity contribution in [3.8, 4) is 0 Å². The standard InChI is InChI=1S/C29H40N2O2/c1-4-27(29(33)30-26-12-8-9-13-26)31(21-20-23-10-6-5-7-11-23)28(32)19-16-24-14-17-25(18-15-24)22(2)3/h5-7,10-11,14-15,17-18,22,26-27H,4,8-9,12-13,16,19-21H2,1-3H3,(H,30,33)/t27-/m1/s1. The molecular weight excluding hydrogens is 408 g/mol. The summed E-state index contributed by atoms with van der Waals surface area (Å²) >= 11 is 0. The molecule has 0 bridgehead atoms. The largest absolute Gasteiger partial charge is 0.352 e. The molecule has 0 saturated heterocycles. The van der Waals surface area contributed by atoms with Crippen LogP contribution in [0.4, 0.5) is 0 Å². The fraction of sp³-hybridized carbons (Fsp3) is 0.517. The summed E-state index contributed by atoms with van der Waals surface area (Å²) in [6.45, 7) is 6.94. The van der Waals surface area contributed by atoms with Gasteiger partial charge in [-0.3, -0.25) is 9.59 Å². The van der Waals surface area contributed by atoms with E-state index in [1.807, 2.05) is 30.0 Å². The lowest BCUT2D eigenvalue weighted by Crippen LogP contribution is -2.51. The fourth-order valence-electron chi connectivity index (χ4n) is 4.73. The molecule has 33 heavy (non-hydrogen) atoms. The number of amides is 2. The van der Waals surface area contributed by atoms with E-state index in [4.69, 9.17) is 0 Å². The fourth-order valence-corrected chi connectivity index (χ4v) is 4.73. The minimum absolute atomic E-state index is 0.00657. The minimum Gasteiger partial charge on any atom is -0.352 e. The van der Waals surface area contributed by atoms with Crippen molar-refractivity contribution in [2.45, 2.75) is 90.1 Å². The molecule has 1 aliphatic carbocycles. The van der Waals surface area contributed by atoms with Gasteiger partial charge in [0, 0.05) is 19.0 Å². The molecule has 0 aliphatic heterocycles. The number of benzene rings is 2. The molecule has 1 atom stereocenters. The molecule has 0 radical (unpaired) electrons. The summed E-state index contributed by atoms with van der Waals surface area (Å²) in [7, 11) is 0. The van der Waals surface area contributed by atoms with E-state index in [9.17, 15) is 9.59 Å². The Hall–Kier alpha value is -2.62. The van der Waals surface area contributed by atoms with Crippen molar-refractivity contribution in [2.24, 2.45) is 0 Å². The molecule has 0 unspecified atom stereocenters. The maximum atomic E-state index is 13.4. The first-order valence-corrected chi connectivity index (χ1v) is 12.7. The van der Waals surface area contributed by atoms with Gasteiger partial charge in [0.1, 0.15) is 6.04 Å². The normalized spacial score (nSPS) is 14.9. The SMILES string of the molecule is CC[C@H](C(=O)NC1CCCC1)N(CCc1ccccc1)C(=O)CCc1ccc(C(C)C)cc1. The van der Waals surface area contributed by atoms with E-state index in [0.717, 1.165) is 19.3 Å². The quantitative estimate of drug-likeness (QED) is 0.483. The number of hydrogen-bond donors (Lipinski definition) is 1. The second kappa shape index (κ2) is 12.6. The Balaban J connectivity index is 1.68. The molecule has 2 amide bonds. The van der Waals surface area contributed by atoms with Crippen molar-refractivity contribution in [2.75, 3.05) is 6.54 Å². The van der Waals surface area contributed by atoms with Crippen LogP contribution in [0.15, 0.2) is 54.6 Å². The lowest BCUT2D eigenvalue weighted by molar-refractivity contribution is -0.141. The van der Waals surface area contributed by atoms with E-state index in [2.05, 4.69) is 55.6 Å². The van der Waals surface area contributed by atoms with Gasteiger partial charge in [-0.25, -0.2) is 0 Å². The third kappa shape index (κ3) is 7.45. The molecule has 1 N–H and O–H groups in total. The van der Waals surface area contributed by atoms with Crippen LogP contribution in [0.5, 0.6) is 0 Å². The predicted molar refractivity (Wildman–Crippen MR) is 135 cm³/mol. The Morgan fingerprint density at radius 1 is 0.939 bits per heavy atom. The van der Waals surface area contributed by atoms with Crippen LogP contribution >= 0.6 is 0 Å². The molecule has 4 heteroatoms. The molecule has 1 saturated carbocycles. The van der Waals surface area contributed by atoms with Crippen molar-refractivity contribution < 1.29 is 9.59 Å². The van der Waals surface area contributed by atoms with Gasteiger partial charge < -0.3 is 10.2 Å². The van der Waals surface area contributed by atoms with Gasteiger partial charge in [0.05, 0.1) is 0 Å². The first kappa shape index (κ1) is 25.0. The molecule has 3 rings (SSSR count). The summed E-state index contributed by atoms with van der Waals surface area (Å²) in [5.41, 5.74) is 3.66. The van der Waals surface area contributed by atoms with Gasteiger partial charge >= 0.3 is 0 Å². The molecule has 1 fully saturated rings. The Bertz CT molecular complexity index is 870. The van der Waals surface area contributed by atoms with Crippen LogP contribution in [0, 0.1) is 0 Å². The van der Waals surface area contributed by atoms with Crippen molar-refractivity contribution in [1.82, 2.24) is 10.2 Å². The summed E-state index contributed by atoms with van der Waals surface area (Å²) in [6.07, 6.45) is 6.94. The average molecular weight is 449 g/mol. The highest BCUT2D eigenvalue weighted by Crippen LogP contribution is 2.20. The number of aryl methyl sites for hydroxylation is 1. The van der Waals surface area contributed by atoms with Crippen LogP contribution in [0.1, 0.15) is 81.9 Å². The van der Waals surface area contributed by atoms with Crippen LogP contribution in [-0.4, -0.2) is 35.3 Å². The summed E-state index contributed by atoms with van der Waals surface area (Å²) in [6, 6.07) is 18.6. The summed E-state index contributed by atoms with van der Waals surface area (Å²) in [5.74, 6) is 0.567. The van der Waals surface area contributed by atoms with E-state index in [0.29, 0.717) is 31.7 Å². The van der Waals surface area contributed by atoms with Crippen LogP contribution in [0.3, 0.4) is 0 Å². The molecule has 178 valence electrons. The molecule has 2 aromatic carbocycles. The van der Waals surface area contributed by atoms with Gasteiger partial charge in [0.15, 0.2) is 0 Å². The van der Waals surface area contributed by atoms with Crippen molar-refractivity contribution in [1.29, 1.82) is 0 Å². The highest BCUT2D eigenvalue weighted by Gasteiger charge is 2.30. The first-order valence-electron chi connectivity index (χ1n) is 12.7. The smallest absolute Gasteiger partial charge is 0.243 e. The van der Waals surface area contributed by atoms with Crippen molar-refractivity contribution >= 4 is 11.8 Å². The Kier molecular flexibility index (Phi) is 9.53. The lowest BCUT2D eigenvalue weighted by atomic mass is 10.00. The number of nitrogens with zero attached hydrogens (tertiary/aromatic N) is 1. The van der Waals surface area contributed by atoms with Crippen molar-refractivity contribution in [3.63, 3.8) is 0 Å². The molecule has 0 heterocycles. The number of carbonyl (C=O) groups is 2. The second-order valence-electron chi connectivity index (χ2n) is 9.63. The maximum absolute atomic E-state index is 13.4. The zero-order valence-corrected chi connectivity index (χ0v) is 20.6. The maximum Gasteiger partial charge on any atom is 0.243 e. The van der Waals surface area contributed by atoms with E-state index in [-0.39, 0.29) is 17.9 Å². The van der Waals surface area contributed by atoms with Gasteiger partial charge in [-0.15, -0.1) is 0 Å². The third-order valence-corrected chi connectivity index (χ3v) is 6.85. The Morgan fingerprint density at radius 3 is 2.18 bits per heavy atom. The number of carbonyl (C=O) groups excluding carboxylic acids is 2. The van der Waals surface area contributed by atoms with Crippen LogP contribution in [-0.2, 0) is 22.4 Å². The van der Waals surface area contributed by atoms with Gasteiger partial charge in [0.2, 0.25) is 11.8 Å². The van der Waals surface area contributed by atoms with Gasteiger partial charge in [-0.1, -0.05) is 88.2 Å². The highest BCUT2D eigenvalue weighted by molar-refractivity contribution is 5.88. The topological polar surface area (TPSA) is 49.4 Å².